The van der Waals surface area contributed by atoms with Gasteiger partial charge in [-0.3, -0.25) is 4.98 Å². The molecule has 0 saturated carbocycles. The van der Waals surface area contributed by atoms with E-state index in [1.165, 1.54) is 14.0 Å². The van der Waals surface area contributed by atoms with Crippen LogP contribution >= 0.6 is 0 Å². The Morgan fingerprint density at radius 1 is 1.56 bits per heavy atom. The number of carbonyl (C=O) groups excluding carboxylic acids is 1. The highest BCUT2D eigenvalue weighted by Crippen LogP contribution is 2.25. The van der Waals surface area contributed by atoms with Crippen molar-refractivity contribution < 1.29 is 14.6 Å². The van der Waals surface area contributed by atoms with Crippen LogP contribution in [0.1, 0.15) is 31.7 Å². The van der Waals surface area contributed by atoms with E-state index in [0.29, 0.717) is 6.42 Å². The summed E-state index contributed by atoms with van der Waals surface area (Å²) < 4.78 is 4.55. The highest BCUT2D eigenvalue weighted by Gasteiger charge is 2.33. The van der Waals surface area contributed by atoms with Crippen LogP contribution in [0.15, 0.2) is 24.5 Å². The summed E-state index contributed by atoms with van der Waals surface area (Å²) in [7, 11) is 1.27. The van der Waals surface area contributed by atoms with Crippen LogP contribution in [0.4, 0.5) is 0 Å². The van der Waals surface area contributed by atoms with Crippen molar-refractivity contribution >= 4 is 5.97 Å². The Labute approximate surface area is 95.3 Å². The second kappa shape index (κ2) is 5.07. The van der Waals surface area contributed by atoms with Crippen LogP contribution in [0.2, 0.25) is 0 Å². The molecule has 0 aliphatic heterocycles. The Bertz CT molecular complexity index is 349. The molecule has 0 amide bonds. The minimum absolute atomic E-state index is 0.0668. The number of aliphatic hydroxyl groups is 1. The second-order valence-electron chi connectivity index (χ2n) is 4.15. The SMILES string of the molecule is COC(=O)C(C)(O)CC(C)c1ccncc1. The molecule has 0 aromatic carbocycles. The van der Waals surface area contributed by atoms with E-state index in [1.54, 1.807) is 12.4 Å². The van der Waals surface area contributed by atoms with E-state index in [9.17, 15) is 9.90 Å². The van der Waals surface area contributed by atoms with Crippen LogP contribution in [-0.4, -0.2) is 28.8 Å². The summed E-state index contributed by atoms with van der Waals surface area (Å²) in [5.41, 5.74) is -0.406. The fraction of sp³-hybridized carbons (Fsp3) is 0.500. The van der Waals surface area contributed by atoms with Gasteiger partial charge in [0.15, 0.2) is 5.60 Å². The normalized spacial score (nSPS) is 16.2. The predicted octanol–water partition coefficient (Wildman–Crippen LogP) is 1.50. The van der Waals surface area contributed by atoms with Gasteiger partial charge in [-0.1, -0.05) is 6.92 Å². The van der Waals surface area contributed by atoms with Crippen LogP contribution in [0, 0.1) is 0 Å². The lowest BCUT2D eigenvalue weighted by atomic mass is 9.89. The summed E-state index contributed by atoms with van der Waals surface area (Å²) in [6.07, 6.45) is 3.71. The summed E-state index contributed by atoms with van der Waals surface area (Å²) in [6.45, 7) is 3.42. The van der Waals surface area contributed by atoms with Crippen molar-refractivity contribution in [1.29, 1.82) is 0 Å². The maximum absolute atomic E-state index is 11.3. The summed E-state index contributed by atoms with van der Waals surface area (Å²) in [5.74, 6) is -0.537. The zero-order chi connectivity index (χ0) is 12.2. The molecular formula is C12H17NO3. The predicted molar refractivity (Wildman–Crippen MR) is 59.9 cm³/mol. The molecule has 4 heteroatoms. The molecule has 2 unspecified atom stereocenters. The van der Waals surface area contributed by atoms with Gasteiger partial charge in [0.2, 0.25) is 0 Å². The number of hydrogen-bond donors (Lipinski definition) is 1. The number of carbonyl (C=O) groups is 1. The van der Waals surface area contributed by atoms with Crippen molar-refractivity contribution in [2.45, 2.75) is 31.8 Å². The van der Waals surface area contributed by atoms with Gasteiger partial charge in [0.1, 0.15) is 0 Å². The Hall–Kier alpha value is -1.42. The number of rotatable bonds is 4. The Morgan fingerprint density at radius 2 is 2.12 bits per heavy atom. The minimum Gasteiger partial charge on any atom is -0.467 e. The molecule has 0 radical (unpaired) electrons. The molecule has 1 aromatic heterocycles. The average Bonchev–Trinajstić information content (AvgIpc) is 2.28. The minimum atomic E-state index is -1.45. The molecule has 1 aromatic rings. The Morgan fingerprint density at radius 3 is 2.62 bits per heavy atom. The fourth-order valence-electron chi connectivity index (χ4n) is 1.71. The number of methoxy groups -OCH3 is 1. The van der Waals surface area contributed by atoms with Gasteiger partial charge in [-0.15, -0.1) is 0 Å². The van der Waals surface area contributed by atoms with E-state index in [4.69, 9.17) is 0 Å². The van der Waals surface area contributed by atoms with Crippen molar-refractivity contribution in [3.05, 3.63) is 30.1 Å². The Balaban J connectivity index is 2.71. The summed E-state index contributed by atoms with van der Waals surface area (Å²) in [5, 5.41) is 9.92. The number of aromatic nitrogens is 1. The van der Waals surface area contributed by atoms with Gasteiger partial charge in [-0.25, -0.2) is 4.79 Å². The quantitative estimate of drug-likeness (QED) is 0.786. The van der Waals surface area contributed by atoms with Crippen LogP contribution in [-0.2, 0) is 9.53 Å². The van der Waals surface area contributed by atoms with Gasteiger partial charge in [-0.2, -0.15) is 0 Å². The second-order valence-corrected chi connectivity index (χ2v) is 4.15. The lowest BCUT2D eigenvalue weighted by molar-refractivity contribution is -0.161. The maximum atomic E-state index is 11.3. The van der Waals surface area contributed by atoms with Gasteiger partial charge >= 0.3 is 5.97 Å². The number of pyridine rings is 1. The number of ether oxygens (including phenoxy) is 1. The topological polar surface area (TPSA) is 59.4 Å². The van der Waals surface area contributed by atoms with Crippen molar-refractivity contribution in [1.82, 2.24) is 4.98 Å². The molecule has 0 saturated heterocycles. The zero-order valence-electron chi connectivity index (χ0n) is 9.80. The standard InChI is InChI=1S/C12H17NO3/c1-9(10-4-6-13-7-5-10)8-12(2,15)11(14)16-3/h4-7,9,15H,8H2,1-3H3. The summed E-state index contributed by atoms with van der Waals surface area (Å²) in [6, 6.07) is 3.75. The largest absolute Gasteiger partial charge is 0.467 e. The first-order chi connectivity index (χ1) is 7.47. The third kappa shape index (κ3) is 3.03. The van der Waals surface area contributed by atoms with Crippen molar-refractivity contribution in [3.63, 3.8) is 0 Å². The van der Waals surface area contributed by atoms with Gasteiger partial charge in [-0.05, 0) is 37.0 Å². The van der Waals surface area contributed by atoms with Crippen LogP contribution in [0.5, 0.6) is 0 Å². The van der Waals surface area contributed by atoms with Crippen LogP contribution < -0.4 is 0 Å². The van der Waals surface area contributed by atoms with E-state index in [0.717, 1.165) is 5.56 Å². The first-order valence-electron chi connectivity index (χ1n) is 5.18. The Kier molecular flexibility index (Phi) is 4.01. The number of esters is 1. The lowest BCUT2D eigenvalue weighted by Gasteiger charge is -2.24. The van der Waals surface area contributed by atoms with Gasteiger partial charge < -0.3 is 9.84 Å². The smallest absolute Gasteiger partial charge is 0.337 e. The monoisotopic (exact) mass is 223 g/mol. The van der Waals surface area contributed by atoms with E-state index < -0.39 is 11.6 Å². The molecule has 4 nitrogen and oxygen atoms in total. The molecule has 0 spiro atoms. The first kappa shape index (κ1) is 12.6. The van der Waals surface area contributed by atoms with E-state index in [-0.39, 0.29) is 5.92 Å². The van der Waals surface area contributed by atoms with E-state index in [2.05, 4.69) is 9.72 Å². The fourth-order valence-corrected chi connectivity index (χ4v) is 1.71. The van der Waals surface area contributed by atoms with Crippen molar-refractivity contribution in [2.75, 3.05) is 7.11 Å². The van der Waals surface area contributed by atoms with E-state index >= 15 is 0 Å². The third-order valence-corrected chi connectivity index (χ3v) is 2.60. The molecule has 1 rings (SSSR count). The first-order valence-corrected chi connectivity index (χ1v) is 5.18. The summed E-state index contributed by atoms with van der Waals surface area (Å²) >= 11 is 0. The van der Waals surface area contributed by atoms with Gasteiger partial charge in [0, 0.05) is 12.4 Å². The zero-order valence-corrected chi connectivity index (χ0v) is 9.80. The number of nitrogens with zero attached hydrogens (tertiary/aromatic N) is 1. The van der Waals surface area contributed by atoms with Gasteiger partial charge in [0.05, 0.1) is 7.11 Å². The molecule has 0 fully saturated rings. The third-order valence-electron chi connectivity index (χ3n) is 2.60. The van der Waals surface area contributed by atoms with Gasteiger partial charge in [0.25, 0.3) is 0 Å². The molecule has 16 heavy (non-hydrogen) atoms. The lowest BCUT2D eigenvalue weighted by Crippen LogP contribution is -2.37. The molecule has 0 aliphatic rings. The molecule has 0 aliphatic carbocycles. The molecule has 0 bridgehead atoms. The van der Waals surface area contributed by atoms with Crippen LogP contribution in [0.3, 0.4) is 0 Å². The van der Waals surface area contributed by atoms with Crippen molar-refractivity contribution in [3.8, 4) is 0 Å². The average molecular weight is 223 g/mol. The van der Waals surface area contributed by atoms with Crippen LogP contribution in [0.25, 0.3) is 0 Å². The molecular weight excluding hydrogens is 206 g/mol. The molecule has 1 heterocycles. The summed E-state index contributed by atoms with van der Waals surface area (Å²) in [4.78, 5) is 15.2. The molecule has 2 atom stereocenters. The van der Waals surface area contributed by atoms with Crippen molar-refractivity contribution in [2.24, 2.45) is 0 Å². The maximum Gasteiger partial charge on any atom is 0.337 e. The molecule has 88 valence electrons. The highest BCUT2D eigenvalue weighted by atomic mass is 16.5. The highest BCUT2D eigenvalue weighted by molar-refractivity contribution is 5.78. The molecule has 1 N–H and O–H groups in total. The number of hydrogen-bond acceptors (Lipinski definition) is 4. The van der Waals surface area contributed by atoms with E-state index in [1.807, 2.05) is 19.1 Å².